The zero-order chi connectivity index (χ0) is 20.2. The Hall–Kier alpha value is -3.08. The van der Waals surface area contributed by atoms with Crippen molar-refractivity contribution in [3.05, 3.63) is 53.6 Å². The van der Waals surface area contributed by atoms with Gasteiger partial charge in [0.05, 0.1) is 12.4 Å². The van der Waals surface area contributed by atoms with Crippen LogP contribution in [0.25, 0.3) is 0 Å². The fourth-order valence-electron chi connectivity index (χ4n) is 5.35. The molecule has 3 fully saturated rings. The van der Waals surface area contributed by atoms with Crippen molar-refractivity contribution in [3.8, 4) is 6.07 Å². The molecule has 6 rings (SSSR count). The van der Waals surface area contributed by atoms with Gasteiger partial charge in [0.15, 0.2) is 5.69 Å². The van der Waals surface area contributed by atoms with Crippen molar-refractivity contribution in [2.24, 2.45) is 22.4 Å². The van der Waals surface area contributed by atoms with Crippen molar-refractivity contribution in [2.45, 2.75) is 38.3 Å². The number of halogens is 2. The number of benzene rings is 1. The van der Waals surface area contributed by atoms with Gasteiger partial charge in [-0.2, -0.15) is 10.4 Å². The highest BCUT2D eigenvalue weighted by molar-refractivity contribution is 5.83. The standard InChI is InChI=1S/C21H19F2N5O/c22-15-3-13(4-16(23)5-15)19-1-2-26-28(19)20(29)18-8-21(6-14(18)7-21)11-27-10-17(9-24)25-12-27/h2-5,10,12,14,18-19H,1,6-8,11H2/t14?,18-,19?,21?/m0/s1. The fraction of sp³-hybridized carbons (Fsp3) is 0.429. The molecule has 2 bridgehead atoms. The van der Waals surface area contributed by atoms with E-state index in [2.05, 4.69) is 10.1 Å². The molecule has 0 spiro atoms. The minimum Gasteiger partial charge on any atom is -0.336 e. The van der Waals surface area contributed by atoms with Crippen LogP contribution in [0, 0.1) is 40.2 Å². The molecule has 2 aromatic rings. The van der Waals surface area contributed by atoms with Gasteiger partial charge < -0.3 is 4.57 Å². The molecule has 1 aromatic heterocycles. The molecule has 4 aliphatic rings. The predicted molar refractivity (Wildman–Crippen MR) is 99.3 cm³/mol. The smallest absolute Gasteiger partial charge is 0.246 e. The number of aromatic nitrogens is 2. The highest BCUT2D eigenvalue weighted by Gasteiger charge is 2.59. The first kappa shape index (κ1) is 18.0. The van der Waals surface area contributed by atoms with Gasteiger partial charge in [-0.05, 0) is 48.3 Å². The number of nitriles is 1. The number of fused-ring (bicyclic) bond motifs is 1. The molecule has 2 atom stereocenters. The molecule has 0 N–H and O–H groups in total. The first-order valence-corrected chi connectivity index (χ1v) is 9.70. The summed E-state index contributed by atoms with van der Waals surface area (Å²) in [7, 11) is 0. The van der Waals surface area contributed by atoms with Gasteiger partial charge >= 0.3 is 0 Å². The zero-order valence-corrected chi connectivity index (χ0v) is 15.6. The van der Waals surface area contributed by atoms with E-state index in [0.29, 0.717) is 23.6 Å². The topological polar surface area (TPSA) is 74.3 Å². The van der Waals surface area contributed by atoms with E-state index in [1.165, 1.54) is 17.1 Å². The lowest BCUT2D eigenvalue weighted by Gasteiger charge is -2.38. The highest BCUT2D eigenvalue weighted by atomic mass is 19.1. The van der Waals surface area contributed by atoms with Crippen molar-refractivity contribution in [1.29, 1.82) is 5.26 Å². The van der Waals surface area contributed by atoms with Crippen molar-refractivity contribution < 1.29 is 13.6 Å². The van der Waals surface area contributed by atoms with Crippen LogP contribution in [0.5, 0.6) is 0 Å². The number of carbonyl (C=O) groups is 1. The van der Waals surface area contributed by atoms with Gasteiger partial charge in [0.1, 0.15) is 17.7 Å². The Morgan fingerprint density at radius 1 is 1.24 bits per heavy atom. The summed E-state index contributed by atoms with van der Waals surface area (Å²) in [5.41, 5.74) is 0.859. The fourth-order valence-corrected chi connectivity index (χ4v) is 5.35. The summed E-state index contributed by atoms with van der Waals surface area (Å²) in [6.07, 6.45) is 8.15. The second kappa shape index (κ2) is 6.48. The molecule has 3 saturated carbocycles. The molecule has 1 aliphatic heterocycles. The molecule has 2 heterocycles. The molecular weight excluding hydrogens is 376 g/mol. The third kappa shape index (κ3) is 3.01. The van der Waals surface area contributed by atoms with Gasteiger partial charge in [-0.25, -0.2) is 18.8 Å². The number of hydrogen-bond acceptors (Lipinski definition) is 4. The van der Waals surface area contributed by atoms with Gasteiger partial charge in [-0.3, -0.25) is 4.79 Å². The maximum Gasteiger partial charge on any atom is 0.246 e. The van der Waals surface area contributed by atoms with Crippen LogP contribution in [0.15, 0.2) is 35.8 Å². The van der Waals surface area contributed by atoms with Gasteiger partial charge in [-0.1, -0.05) is 0 Å². The van der Waals surface area contributed by atoms with Crippen LogP contribution >= 0.6 is 0 Å². The monoisotopic (exact) mass is 395 g/mol. The maximum atomic E-state index is 13.7. The lowest BCUT2D eigenvalue weighted by molar-refractivity contribution is -0.138. The molecular formula is C21H19F2N5O. The largest absolute Gasteiger partial charge is 0.336 e. The van der Waals surface area contributed by atoms with Crippen LogP contribution in [0.4, 0.5) is 8.78 Å². The number of hydrogen-bond donors (Lipinski definition) is 0. The Labute approximate surface area is 166 Å². The van der Waals surface area contributed by atoms with E-state index in [1.54, 1.807) is 18.7 Å². The Morgan fingerprint density at radius 3 is 2.69 bits per heavy atom. The third-order valence-corrected chi connectivity index (χ3v) is 6.52. The normalized spacial score (nSPS) is 29.7. The van der Waals surface area contributed by atoms with Gasteiger partial charge in [0.2, 0.25) is 5.91 Å². The van der Waals surface area contributed by atoms with E-state index in [-0.39, 0.29) is 17.2 Å². The van der Waals surface area contributed by atoms with E-state index < -0.39 is 17.7 Å². The zero-order valence-electron chi connectivity index (χ0n) is 15.6. The molecule has 1 amide bonds. The summed E-state index contributed by atoms with van der Waals surface area (Å²) >= 11 is 0. The second-order valence-electron chi connectivity index (χ2n) is 8.46. The van der Waals surface area contributed by atoms with Crippen molar-refractivity contribution in [2.75, 3.05) is 0 Å². The van der Waals surface area contributed by atoms with E-state index in [9.17, 15) is 13.6 Å². The molecule has 0 saturated heterocycles. The molecule has 6 nitrogen and oxygen atoms in total. The van der Waals surface area contributed by atoms with Crippen molar-refractivity contribution in [1.82, 2.24) is 14.6 Å². The molecule has 1 unspecified atom stereocenters. The average molecular weight is 395 g/mol. The SMILES string of the molecule is N#Cc1cn(CC23CC(C2)[C@@H](C(=O)N2N=CCC2c2cc(F)cc(F)c2)C3)cn1. The third-order valence-electron chi connectivity index (χ3n) is 6.52. The summed E-state index contributed by atoms with van der Waals surface area (Å²) in [6.45, 7) is 0.740. The maximum absolute atomic E-state index is 13.7. The minimum atomic E-state index is -0.654. The molecule has 148 valence electrons. The van der Waals surface area contributed by atoms with Gasteiger partial charge in [0, 0.05) is 37.4 Å². The second-order valence-corrected chi connectivity index (χ2v) is 8.46. The van der Waals surface area contributed by atoms with Crippen molar-refractivity contribution >= 4 is 12.1 Å². The van der Waals surface area contributed by atoms with Crippen LogP contribution in [-0.2, 0) is 11.3 Å². The number of imidazole rings is 1. The molecule has 8 heteroatoms. The highest BCUT2D eigenvalue weighted by Crippen LogP contribution is 2.63. The molecule has 0 radical (unpaired) electrons. The van der Waals surface area contributed by atoms with Crippen LogP contribution in [0.3, 0.4) is 0 Å². The summed E-state index contributed by atoms with van der Waals surface area (Å²) < 4.78 is 29.2. The average Bonchev–Trinajstić information content (AvgIpc) is 3.42. The number of hydrazone groups is 1. The Morgan fingerprint density at radius 2 is 2.00 bits per heavy atom. The van der Waals surface area contributed by atoms with E-state index in [0.717, 1.165) is 31.9 Å². The first-order chi connectivity index (χ1) is 14.0. The summed E-state index contributed by atoms with van der Waals surface area (Å²) in [4.78, 5) is 17.3. The van der Waals surface area contributed by atoms with Crippen LogP contribution in [-0.4, -0.2) is 26.7 Å². The first-order valence-electron chi connectivity index (χ1n) is 9.70. The molecule has 29 heavy (non-hydrogen) atoms. The van der Waals surface area contributed by atoms with E-state index in [4.69, 9.17) is 5.26 Å². The summed E-state index contributed by atoms with van der Waals surface area (Å²) in [5, 5.41) is 14.6. The van der Waals surface area contributed by atoms with Crippen LogP contribution in [0.2, 0.25) is 0 Å². The van der Waals surface area contributed by atoms with E-state index in [1.807, 2.05) is 10.6 Å². The Balaban J connectivity index is 1.31. The number of nitrogens with zero attached hydrogens (tertiary/aromatic N) is 5. The molecule has 3 aliphatic carbocycles. The summed E-state index contributed by atoms with van der Waals surface area (Å²) in [6, 6.07) is 4.93. The van der Waals surface area contributed by atoms with Crippen LogP contribution in [0.1, 0.15) is 43.0 Å². The van der Waals surface area contributed by atoms with Crippen molar-refractivity contribution in [3.63, 3.8) is 0 Å². The Kier molecular flexibility index (Phi) is 4.02. The molecule has 1 aromatic carbocycles. The van der Waals surface area contributed by atoms with E-state index >= 15 is 0 Å². The predicted octanol–water partition coefficient (Wildman–Crippen LogP) is 3.41. The quantitative estimate of drug-likeness (QED) is 0.796. The lowest BCUT2D eigenvalue weighted by Crippen LogP contribution is -2.35. The lowest BCUT2D eigenvalue weighted by atomic mass is 9.69. The number of rotatable bonds is 4. The minimum absolute atomic E-state index is 0.0440. The van der Waals surface area contributed by atoms with Gasteiger partial charge in [0.25, 0.3) is 0 Å². The Bertz CT molecular complexity index is 1030. The van der Waals surface area contributed by atoms with Gasteiger partial charge in [-0.15, -0.1) is 0 Å². The number of amides is 1. The van der Waals surface area contributed by atoms with Crippen LogP contribution < -0.4 is 0 Å². The summed E-state index contributed by atoms with van der Waals surface area (Å²) in [5.74, 6) is -1.20. The number of carbonyl (C=O) groups excluding carboxylic acids is 1.